The first-order valence-corrected chi connectivity index (χ1v) is 6.93. The number of hydrogen-bond acceptors (Lipinski definition) is 4. The number of benzene rings is 2. The SMILES string of the molecule is Cc1cc(=O)oc2ccc(OC(=O)c3ccccc3Cl)cc12. The van der Waals surface area contributed by atoms with Gasteiger partial charge in [0.25, 0.3) is 0 Å². The standard InChI is InChI=1S/C17H11ClO4/c1-10-8-16(19)22-15-7-6-11(9-13(10)15)21-17(20)12-4-2-3-5-14(12)18/h2-9H,1H3. The van der Waals surface area contributed by atoms with Gasteiger partial charge < -0.3 is 9.15 Å². The van der Waals surface area contributed by atoms with Gasteiger partial charge in [0.2, 0.25) is 0 Å². The largest absolute Gasteiger partial charge is 0.423 e. The molecule has 0 saturated carbocycles. The Morgan fingerprint density at radius 3 is 2.68 bits per heavy atom. The summed E-state index contributed by atoms with van der Waals surface area (Å²) in [5, 5.41) is 1.04. The van der Waals surface area contributed by atoms with Crippen LogP contribution in [-0.2, 0) is 0 Å². The van der Waals surface area contributed by atoms with Crippen LogP contribution in [0.1, 0.15) is 15.9 Å². The zero-order chi connectivity index (χ0) is 15.7. The fourth-order valence-corrected chi connectivity index (χ4v) is 2.36. The molecule has 0 bridgehead atoms. The van der Waals surface area contributed by atoms with Crippen molar-refractivity contribution in [2.75, 3.05) is 0 Å². The highest BCUT2D eigenvalue weighted by Gasteiger charge is 2.13. The molecule has 0 amide bonds. The van der Waals surface area contributed by atoms with Gasteiger partial charge in [0.05, 0.1) is 10.6 Å². The van der Waals surface area contributed by atoms with E-state index >= 15 is 0 Å². The number of rotatable bonds is 2. The molecule has 4 nitrogen and oxygen atoms in total. The van der Waals surface area contributed by atoms with E-state index in [2.05, 4.69) is 0 Å². The van der Waals surface area contributed by atoms with Crippen LogP contribution in [-0.4, -0.2) is 5.97 Å². The zero-order valence-electron chi connectivity index (χ0n) is 11.6. The summed E-state index contributed by atoms with van der Waals surface area (Å²) >= 11 is 5.97. The molecular weight excluding hydrogens is 304 g/mol. The molecule has 0 fully saturated rings. The lowest BCUT2D eigenvalue weighted by Gasteiger charge is -2.07. The zero-order valence-corrected chi connectivity index (χ0v) is 12.4. The van der Waals surface area contributed by atoms with Crippen LogP contribution < -0.4 is 10.4 Å². The molecule has 0 radical (unpaired) electrons. The second-order valence-corrected chi connectivity index (χ2v) is 5.18. The van der Waals surface area contributed by atoms with Gasteiger partial charge in [-0.25, -0.2) is 9.59 Å². The van der Waals surface area contributed by atoms with Crippen LogP contribution in [0.2, 0.25) is 5.02 Å². The van der Waals surface area contributed by atoms with Crippen molar-refractivity contribution < 1.29 is 13.9 Å². The highest BCUT2D eigenvalue weighted by Crippen LogP contribution is 2.24. The molecule has 0 saturated heterocycles. The maximum absolute atomic E-state index is 12.1. The molecule has 0 spiro atoms. The molecule has 0 unspecified atom stereocenters. The van der Waals surface area contributed by atoms with Crippen molar-refractivity contribution in [2.24, 2.45) is 0 Å². The molecule has 0 aliphatic carbocycles. The summed E-state index contributed by atoms with van der Waals surface area (Å²) in [4.78, 5) is 23.5. The number of halogens is 1. The van der Waals surface area contributed by atoms with Crippen molar-refractivity contribution >= 4 is 28.5 Å². The van der Waals surface area contributed by atoms with E-state index < -0.39 is 11.6 Å². The Morgan fingerprint density at radius 2 is 1.91 bits per heavy atom. The summed E-state index contributed by atoms with van der Waals surface area (Å²) in [6.45, 7) is 1.79. The number of esters is 1. The lowest BCUT2D eigenvalue weighted by Crippen LogP contribution is -2.09. The van der Waals surface area contributed by atoms with Crippen molar-refractivity contribution in [2.45, 2.75) is 6.92 Å². The fraction of sp³-hybridized carbons (Fsp3) is 0.0588. The van der Waals surface area contributed by atoms with Gasteiger partial charge in [0.15, 0.2) is 0 Å². The predicted octanol–water partition coefficient (Wildman–Crippen LogP) is 3.97. The van der Waals surface area contributed by atoms with E-state index in [4.69, 9.17) is 20.8 Å². The van der Waals surface area contributed by atoms with Crippen LogP contribution >= 0.6 is 11.6 Å². The van der Waals surface area contributed by atoms with E-state index in [-0.39, 0.29) is 0 Å². The van der Waals surface area contributed by atoms with Crippen LogP contribution in [0, 0.1) is 6.92 Å². The van der Waals surface area contributed by atoms with E-state index in [0.29, 0.717) is 27.3 Å². The fourth-order valence-electron chi connectivity index (χ4n) is 2.15. The predicted molar refractivity (Wildman–Crippen MR) is 83.6 cm³/mol. The molecule has 0 aliphatic rings. The maximum atomic E-state index is 12.1. The summed E-state index contributed by atoms with van der Waals surface area (Å²) in [6.07, 6.45) is 0. The van der Waals surface area contributed by atoms with Crippen molar-refractivity contribution in [1.82, 2.24) is 0 Å². The quantitative estimate of drug-likeness (QED) is 0.408. The third kappa shape index (κ3) is 2.73. The Balaban J connectivity index is 1.96. The van der Waals surface area contributed by atoms with Gasteiger partial charge >= 0.3 is 11.6 Å². The average Bonchev–Trinajstić information content (AvgIpc) is 2.48. The minimum Gasteiger partial charge on any atom is -0.423 e. The first-order chi connectivity index (χ1) is 10.5. The van der Waals surface area contributed by atoms with Crippen LogP contribution in [0.25, 0.3) is 11.0 Å². The summed E-state index contributed by atoms with van der Waals surface area (Å²) in [7, 11) is 0. The molecule has 110 valence electrons. The average molecular weight is 315 g/mol. The molecule has 5 heteroatoms. The van der Waals surface area contributed by atoms with Crippen LogP contribution in [0.5, 0.6) is 5.75 Å². The Bertz CT molecular complexity index is 927. The van der Waals surface area contributed by atoms with E-state index in [1.807, 2.05) is 0 Å². The summed E-state index contributed by atoms with van der Waals surface area (Å²) in [5.74, 6) is -0.186. The highest BCUT2D eigenvalue weighted by atomic mass is 35.5. The maximum Gasteiger partial charge on any atom is 0.345 e. The number of fused-ring (bicyclic) bond motifs is 1. The molecular formula is C17H11ClO4. The Kier molecular flexibility index (Phi) is 3.69. The molecule has 22 heavy (non-hydrogen) atoms. The Morgan fingerprint density at radius 1 is 1.14 bits per heavy atom. The van der Waals surface area contributed by atoms with Crippen molar-refractivity contribution in [3.63, 3.8) is 0 Å². The Labute approximate surface area is 130 Å². The highest BCUT2D eigenvalue weighted by molar-refractivity contribution is 6.33. The van der Waals surface area contributed by atoms with E-state index in [9.17, 15) is 9.59 Å². The van der Waals surface area contributed by atoms with Gasteiger partial charge in [-0.05, 0) is 42.8 Å². The molecule has 1 aromatic heterocycles. The number of ether oxygens (including phenoxy) is 1. The Hall–Kier alpha value is -2.59. The van der Waals surface area contributed by atoms with Gasteiger partial charge in [-0.15, -0.1) is 0 Å². The van der Waals surface area contributed by atoms with E-state index in [1.165, 1.54) is 6.07 Å². The molecule has 0 atom stereocenters. The van der Waals surface area contributed by atoms with Crippen molar-refractivity contribution in [1.29, 1.82) is 0 Å². The minimum absolute atomic E-state index is 0.292. The molecule has 0 aliphatic heterocycles. The van der Waals surface area contributed by atoms with E-state index in [1.54, 1.807) is 49.4 Å². The molecule has 3 aromatic rings. The first kappa shape index (κ1) is 14.4. The lowest BCUT2D eigenvalue weighted by molar-refractivity contribution is 0.0735. The van der Waals surface area contributed by atoms with Crippen LogP contribution in [0.4, 0.5) is 0 Å². The van der Waals surface area contributed by atoms with Crippen LogP contribution in [0.3, 0.4) is 0 Å². The first-order valence-electron chi connectivity index (χ1n) is 6.56. The van der Waals surface area contributed by atoms with Gasteiger partial charge in [-0.1, -0.05) is 23.7 Å². The van der Waals surface area contributed by atoms with Crippen LogP contribution in [0.15, 0.2) is 57.7 Å². The number of hydrogen-bond donors (Lipinski definition) is 0. The molecule has 0 N–H and O–H groups in total. The smallest absolute Gasteiger partial charge is 0.345 e. The minimum atomic E-state index is -0.542. The topological polar surface area (TPSA) is 56.5 Å². The van der Waals surface area contributed by atoms with Gasteiger partial charge in [0, 0.05) is 11.5 Å². The summed E-state index contributed by atoms with van der Waals surface area (Å²) in [6, 6.07) is 12.9. The number of carbonyl (C=O) groups is 1. The normalized spacial score (nSPS) is 10.6. The molecule has 1 heterocycles. The number of aryl methyl sites for hydroxylation is 1. The van der Waals surface area contributed by atoms with Gasteiger partial charge in [0.1, 0.15) is 11.3 Å². The monoisotopic (exact) mass is 314 g/mol. The summed E-state index contributed by atoms with van der Waals surface area (Å²) in [5.41, 5.74) is 1.08. The second kappa shape index (κ2) is 5.66. The third-order valence-corrected chi connectivity index (χ3v) is 3.55. The number of carbonyl (C=O) groups excluding carboxylic acids is 1. The van der Waals surface area contributed by atoms with Crippen molar-refractivity contribution in [3.05, 3.63) is 75.1 Å². The van der Waals surface area contributed by atoms with E-state index in [0.717, 1.165) is 5.56 Å². The van der Waals surface area contributed by atoms with Crippen molar-refractivity contribution in [3.8, 4) is 5.75 Å². The second-order valence-electron chi connectivity index (χ2n) is 4.78. The molecule has 3 rings (SSSR count). The van der Waals surface area contributed by atoms with Gasteiger partial charge in [-0.2, -0.15) is 0 Å². The third-order valence-electron chi connectivity index (χ3n) is 3.23. The van der Waals surface area contributed by atoms with Gasteiger partial charge in [-0.3, -0.25) is 0 Å². The molecule has 2 aromatic carbocycles. The summed E-state index contributed by atoms with van der Waals surface area (Å²) < 4.78 is 10.4. The lowest BCUT2D eigenvalue weighted by atomic mass is 10.1.